The Labute approximate surface area is 88.1 Å². The molecule has 0 aliphatic heterocycles. The van der Waals surface area contributed by atoms with Crippen LogP contribution >= 0.6 is 0 Å². The number of aryl methyl sites for hydroxylation is 2. The molecular weight excluding hydrogens is 194 g/mol. The van der Waals surface area contributed by atoms with Gasteiger partial charge in [0.25, 0.3) is 0 Å². The van der Waals surface area contributed by atoms with Crippen LogP contribution in [0.2, 0.25) is 0 Å². The van der Waals surface area contributed by atoms with Crippen LogP contribution in [0.15, 0.2) is 10.5 Å². The molecule has 0 amide bonds. The summed E-state index contributed by atoms with van der Waals surface area (Å²) in [7, 11) is 0. The Morgan fingerprint density at radius 1 is 1.73 bits per heavy atom. The maximum Gasteiger partial charge on any atom is 0.331 e. The van der Waals surface area contributed by atoms with E-state index in [0.29, 0.717) is 5.76 Å². The van der Waals surface area contributed by atoms with Crippen molar-refractivity contribution in [3.63, 3.8) is 0 Å². The van der Waals surface area contributed by atoms with E-state index in [4.69, 9.17) is 10.2 Å². The molecule has 2 atom stereocenters. The molecule has 0 fully saturated rings. The molecule has 1 aromatic heterocycles. The molecule has 1 heterocycles. The Morgan fingerprint density at radius 3 is 3.00 bits per heavy atom. The molecule has 4 nitrogen and oxygen atoms in total. The lowest BCUT2D eigenvalue weighted by Crippen LogP contribution is -2.52. The lowest BCUT2D eigenvalue weighted by Gasteiger charge is -2.33. The summed E-state index contributed by atoms with van der Waals surface area (Å²) in [5.74, 6) is 0.0507. The van der Waals surface area contributed by atoms with Crippen LogP contribution in [-0.2, 0) is 16.8 Å². The van der Waals surface area contributed by atoms with E-state index in [0.717, 1.165) is 24.2 Å². The van der Waals surface area contributed by atoms with E-state index in [1.807, 2.05) is 19.9 Å². The number of rotatable bonds is 1. The molecule has 1 aromatic rings. The number of hydrogen-bond donors (Lipinski definition) is 2. The number of nitrogens with two attached hydrogens (primary N) is 1. The molecule has 0 bridgehead atoms. The van der Waals surface area contributed by atoms with E-state index in [2.05, 4.69) is 0 Å². The third-order valence-electron chi connectivity index (χ3n) is 3.29. The SMILES string of the molecule is Cc1cc2c(o1)C(N)(C(=O)O)C(C)CC2. The zero-order valence-corrected chi connectivity index (χ0v) is 8.91. The van der Waals surface area contributed by atoms with Crippen molar-refractivity contribution in [2.75, 3.05) is 0 Å². The Kier molecular flexibility index (Phi) is 2.12. The van der Waals surface area contributed by atoms with Gasteiger partial charge in [0.1, 0.15) is 11.5 Å². The number of fused-ring (bicyclic) bond motifs is 1. The highest BCUT2D eigenvalue weighted by Gasteiger charge is 2.48. The van der Waals surface area contributed by atoms with Crippen molar-refractivity contribution in [3.05, 3.63) is 23.2 Å². The van der Waals surface area contributed by atoms with Crippen molar-refractivity contribution in [2.45, 2.75) is 32.2 Å². The van der Waals surface area contributed by atoms with Crippen LogP contribution in [0.1, 0.15) is 30.4 Å². The lowest BCUT2D eigenvalue weighted by molar-refractivity contribution is -0.147. The van der Waals surface area contributed by atoms with Gasteiger partial charge in [0.2, 0.25) is 0 Å². The highest BCUT2D eigenvalue weighted by Crippen LogP contribution is 2.39. The highest BCUT2D eigenvalue weighted by molar-refractivity contribution is 5.81. The number of furan rings is 1. The van der Waals surface area contributed by atoms with E-state index in [-0.39, 0.29) is 5.92 Å². The number of carboxylic acids is 1. The minimum atomic E-state index is -1.36. The monoisotopic (exact) mass is 209 g/mol. The van der Waals surface area contributed by atoms with Crippen LogP contribution in [0, 0.1) is 12.8 Å². The van der Waals surface area contributed by atoms with Crippen LogP contribution in [-0.4, -0.2) is 11.1 Å². The summed E-state index contributed by atoms with van der Waals surface area (Å²) < 4.78 is 5.45. The van der Waals surface area contributed by atoms with Gasteiger partial charge < -0.3 is 15.3 Å². The fraction of sp³-hybridized carbons (Fsp3) is 0.545. The molecule has 0 saturated heterocycles. The predicted molar refractivity (Wildman–Crippen MR) is 54.4 cm³/mol. The van der Waals surface area contributed by atoms with Crippen LogP contribution in [0.4, 0.5) is 0 Å². The Balaban J connectivity index is 2.59. The van der Waals surface area contributed by atoms with Crippen molar-refractivity contribution >= 4 is 5.97 Å². The van der Waals surface area contributed by atoms with Gasteiger partial charge in [-0.05, 0) is 37.3 Å². The van der Waals surface area contributed by atoms with Crippen molar-refractivity contribution < 1.29 is 14.3 Å². The van der Waals surface area contributed by atoms with Crippen LogP contribution in [0.25, 0.3) is 0 Å². The molecule has 15 heavy (non-hydrogen) atoms. The molecule has 1 aliphatic carbocycles. The summed E-state index contributed by atoms with van der Waals surface area (Å²) in [6.07, 6.45) is 1.63. The van der Waals surface area contributed by atoms with Crippen LogP contribution < -0.4 is 5.73 Å². The first-order chi connectivity index (χ1) is 6.96. The van der Waals surface area contributed by atoms with E-state index in [1.165, 1.54) is 0 Å². The summed E-state index contributed by atoms with van der Waals surface area (Å²) in [6.45, 7) is 3.67. The second-order valence-corrected chi connectivity index (χ2v) is 4.33. The standard InChI is InChI=1S/C11H15NO3/c1-6-3-4-8-5-7(2)15-9(8)11(6,12)10(13)14/h5-6H,3-4,12H2,1-2H3,(H,13,14). The van der Waals surface area contributed by atoms with Gasteiger partial charge >= 0.3 is 5.97 Å². The Morgan fingerprint density at radius 2 is 2.40 bits per heavy atom. The molecule has 0 aromatic carbocycles. The van der Waals surface area contributed by atoms with Gasteiger partial charge in [-0.1, -0.05) is 6.92 Å². The molecule has 2 rings (SSSR count). The van der Waals surface area contributed by atoms with Gasteiger partial charge in [-0.2, -0.15) is 0 Å². The molecule has 0 radical (unpaired) electrons. The van der Waals surface area contributed by atoms with Gasteiger partial charge in [0.15, 0.2) is 5.54 Å². The topological polar surface area (TPSA) is 76.5 Å². The van der Waals surface area contributed by atoms with Crippen molar-refractivity contribution in [1.82, 2.24) is 0 Å². The maximum absolute atomic E-state index is 11.3. The number of carboxylic acid groups (broad SMARTS) is 1. The quantitative estimate of drug-likeness (QED) is 0.733. The largest absolute Gasteiger partial charge is 0.480 e. The van der Waals surface area contributed by atoms with Gasteiger partial charge in [0, 0.05) is 0 Å². The number of aliphatic carboxylic acids is 1. The average molecular weight is 209 g/mol. The van der Waals surface area contributed by atoms with Crippen molar-refractivity contribution in [3.8, 4) is 0 Å². The molecule has 0 saturated carbocycles. The second-order valence-electron chi connectivity index (χ2n) is 4.33. The smallest absolute Gasteiger partial charge is 0.331 e. The lowest BCUT2D eigenvalue weighted by atomic mass is 9.74. The van der Waals surface area contributed by atoms with E-state index >= 15 is 0 Å². The molecule has 2 unspecified atom stereocenters. The fourth-order valence-corrected chi connectivity index (χ4v) is 2.23. The minimum absolute atomic E-state index is 0.104. The van der Waals surface area contributed by atoms with Gasteiger partial charge in [-0.25, -0.2) is 4.79 Å². The maximum atomic E-state index is 11.3. The molecule has 82 valence electrons. The van der Waals surface area contributed by atoms with Gasteiger partial charge in [0.05, 0.1) is 0 Å². The zero-order chi connectivity index (χ0) is 11.2. The van der Waals surface area contributed by atoms with E-state index in [9.17, 15) is 9.90 Å². The normalized spacial score (nSPS) is 29.9. The first kappa shape index (κ1) is 10.2. The second kappa shape index (κ2) is 3.10. The zero-order valence-electron chi connectivity index (χ0n) is 8.91. The van der Waals surface area contributed by atoms with Crippen LogP contribution in [0.3, 0.4) is 0 Å². The Bertz CT molecular complexity index is 410. The summed E-state index contributed by atoms with van der Waals surface area (Å²) in [5, 5.41) is 9.24. The third kappa shape index (κ3) is 1.28. The fourth-order valence-electron chi connectivity index (χ4n) is 2.23. The summed E-state index contributed by atoms with van der Waals surface area (Å²) in [4.78, 5) is 11.3. The van der Waals surface area contributed by atoms with E-state index in [1.54, 1.807) is 0 Å². The third-order valence-corrected chi connectivity index (χ3v) is 3.29. The first-order valence-corrected chi connectivity index (χ1v) is 5.08. The predicted octanol–water partition coefficient (Wildman–Crippen LogP) is 1.41. The molecule has 4 heteroatoms. The summed E-state index contributed by atoms with van der Waals surface area (Å²) >= 11 is 0. The highest BCUT2D eigenvalue weighted by atomic mass is 16.4. The number of hydrogen-bond acceptors (Lipinski definition) is 3. The molecule has 0 spiro atoms. The Hall–Kier alpha value is -1.29. The molecular formula is C11H15NO3. The van der Waals surface area contributed by atoms with E-state index < -0.39 is 11.5 Å². The van der Waals surface area contributed by atoms with Crippen molar-refractivity contribution in [1.29, 1.82) is 0 Å². The minimum Gasteiger partial charge on any atom is -0.480 e. The molecule has 1 aliphatic rings. The van der Waals surface area contributed by atoms with Crippen molar-refractivity contribution in [2.24, 2.45) is 11.7 Å². The summed E-state index contributed by atoms with van der Waals surface area (Å²) in [6, 6.07) is 1.88. The number of carbonyl (C=O) groups is 1. The van der Waals surface area contributed by atoms with Crippen LogP contribution in [0.5, 0.6) is 0 Å². The first-order valence-electron chi connectivity index (χ1n) is 5.08. The average Bonchev–Trinajstić information content (AvgIpc) is 2.53. The van der Waals surface area contributed by atoms with Gasteiger partial charge in [-0.3, -0.25) is 0 Å². The summed E-state index contributed by atoms with van der Waals surface area (Å²) in [5.41, 5.74) is 5.56. The molecule has 3 N–H and O–H groups in total. The van der Waals surface area contributed by atoms with Gasteiger partial charge in [-0.15, -0.1) is 0 Å².